The molecule has 1 aromatic carbocycles. The van der Waals surface area contributed by atoms with Crippen molar-refractivity contribution >= 4 is 17.7 Å². The molecule has 0 aliphatic carbocycles. The summed E-state index contributed by atoms with van der Waals surface area (Å²) in [4.78, 5) is 30.1. The predicted octanol–water partition coefficient (Wildman–Crippen LogP) is 2.16. The van der Waals surface area contributed by atoms with Gasteiger partial charge in [-0.15, -0.1) is 0 Å². The van der Waals surface area contributed by atoms with Crippen LogP contribution in [-0.2, 0) is 0 Å². The SMILES string of the molecule is Cc1cccc(N2CCN(C(=O)N3CCN(c4ncccn4)CC3)CC2)c1C. The van der Waals surface area contributed by atoms with Crippen molar-refractivity contribution in [3.8, 4) is 0 Å². The molecule has 7 heteroatoms. The fourth-order valence-electron chi connectivity index (χ4n) is 3.97. The summed E-state index contributed by atoms with van der Waals surface area (Å²) in [5.41, 5.74) is 3.95. The van der Waals surface area contributed by atoms with E-state index in [1.54, 1.807) is 12.4 Å². The minimum atomic E-state index is 0.161. The van der Waals surface area contributed by atoms with Gasteiger partial charge in [-0.2, -0.15) is 0 Å². The lowest BCUT2D eigenvalue weighted by atomic mass is 10.1. The zero-order valence-corrected chi connectivity index (χ0v) is 16.7. The number of rotatable bonds is 2. The van der Waals surface area contributed by atoms with Gasteiger partial charge in [0, 0.05) is 70.4 Å². The van der Waals surface area contributed by atoms with Gasteiger partial charge in [0.2, 0.25) is 5.95 Å². The standard InChI is InChI=1S/C21H28N6O/c1-17-5-3-6-19(18(17)2)24-9-13-26(14-10-24)21(28)27-15-11-25(12-16-27)20-22-7-4-8-23-20/h3-8H,9-16H2,1-2H3. The van der Waals surface area contributed by atoms with Crippen LogP contribution in [0.5, 0.6) is 0 Å². The molecule has 2 fully saturated rings. The number of urea groups is 1. The molecule has 7 nitrogen and oxygen atoms in total. The lowest BCUT2D eigenvalue weighted by Gasteiger charge is -2.41. The largest absolute Gasteiger partial charge is 0.368 e. The molecule has 4 rings (SSSR count). The third-order valence-corrected chi connectivity index (χ3v) is 5.85. The number of carbonyl (C=O) groups is 1. The molecule has 0 atom stereocenters. The number of carbonyl (C=O) groups excluding carboxylic acids is 1. The van der Waals surface area contributed by atoms with Crippen LogP contribution in [0, 0.1) is 13.8 Å². The molecule has 0 unspecified atom stereocenters. The highest BCUT2D eigenvalue weighted by molar-refractivity contribution is 5.75. The lowest BCUT2D eigenvalue weighted by Crippen LogP contribution is -2.57. The first kappa shape index (κ1) is 18.5. The van der Waals surface area contributed by atoms with E-state index >= 15 is 0 Å². The summed E-state index contributed by atoms with van der Waals surface area (Å²) in [6, 6.07) is 8.43. The molecule has 2 amide bonds. The molecule has 0 spiro atoms. The summed E-state index contributed by atoms with van der Waals surface area (Å²) in [5.74, 6) is 0.747. The Morgan fingerprint density at radius 2 is 1.36 bits per heavy atom. The number of piperazine rings is 2. The zero-order valence-electron chi connectivity index (χ0n) is 16.7. The van der Waals surface area contributed by atoms with Crippen LogP contribution in [0.2, 0.25) is 0 Å². The van der Waals surface area contributed by atoms with E-state index in [0.29, 0.717) is 13.1 Å². The number of amides is 2. The van der Waals surface area contributed by atoms with Gasteiger partial charge in [-0.25, -0.2) is 14.8 Å². The summed E-state index contributed by atoms with van der Waals surface area (Å²) in [6.45, 7) is 10.6. The van der Waals surface area contributed by atoms with E-state index in [0.717, 1.165) is 45.2 Å². The van der Waals surface area contributed by atoms with Crippen molar-refractivity contribution in [3.05, 3.63) is 47.8 Å². The molecular formula is C21H28N6O. The van der Waals surface area contributed by atoms with Crippen molar-refractivity contribution in [2.24, 2.45) is 0 Å². The summed E-state index contributed by atoms with van der Waals surface area (Å²) in [5, 5.41) is 0. The first-order valence-corrected chi connectivity index (χ1v) is 10.0. The second-order valence-electron chi connectivity index (χ2n) is 7.50. The van der Waals surface area contributed by atoms with Gasteiger partial charge < -0.3 is 19.6 Å². The molecule has 3 heterocycles. The van der Waals surface area contributed by atoms with Crippen LogP contribution in [0.15, 0.2) is 36.7 Å². The maximum Gasteiger partial charge on any atom is 0.320 e. The molecule has 0 bridgehead atoms. The predicted molar refractivity (Wildman–Crippen MR) is 111 cm³/mol. The van der Waals surface area contributed by atoms with E-state index in [4.69, 9.17) is 0 Å². The first-order chi connectivity index (χ1) is 13.6. The van der Waals surface area contributed by atoms with Gasteiger partial charge >= 0.3 is 6.03 Å². The van der Waals surface area contributed by atoms with Crippen LogP contribution < -0.4 is 9.80 Å². The van der Waals surface area contributed by atoms with Gasteiger partial charge in [-0.1, -0.05) is 12.1 Å². The van der Waals surface area contributed by atoms with Gasteiger partial charge in [-0.3, -0.25) is 0 Å². The molecule has 28 heavy (non-hydrogen) atoms. The molecule has 2 aromatic rings. The van der Waals surface area contributed by atoms with Crippen LogP contribution in [0.3, 0.4) is 0 Å². The first-order valence-electron chi connectivity index (χ1n) is 10.0. The number of benzene rings is 1. The molecule has 0 radical (unpaired) electrons. The topological polar surface area (TPSA) is 55.8 Å². The molecule has 1 aromatic heterocycles. The van der Waals surface area contributed by atoms with Crippen LogP contribution in [0.4, 0.5) is 16.4 Å². The van der Waals surface area contributed by atoms with Gasteiger partial charge in [0.1, 0.15) is 0 Å². The number of nitrogens with zero attached hydrogens (tertiary/aromatic N) is 6. The van der Waals surface area contributed by atoms with Crippen LogP contribution in [0.1, 0.15) is 11.1 Å². The normalized spacial score (nSPS) is 17.8. The Morgan fingerprint density at radius 1 is 0.786 bits per heavy atom. The Hall–Kier alpha value is -2.83. The highest BCUT2D eigenvalue weighted by Crippen LogP contribution is 2.24. The second-order valence-corrected chi connectivity index (χ2v) is 7.50. The number of anilines is 2. The van der Waals surface area contributed by atoms with E-state index in [1.165, 1.54) is 16.8 Å². The van der Waals surface area contributed by atoms with Crippen LogP contribution >= 0.6 is 0 Å². The van der Waals surface area contributed by atoms with Crippen LogP contribution in [0.25, 0.3) is 0 Å². The number of aromatic nitrogens is 2. The highest BCUT2D eigenvalue weighted by Gasteiger charge is 2.28. The van der Waals surface area contributed by atoms with Crippen molar-refractivity contribution in [2.75, 3.05) is 62.2 Å². The van der Waals surface area contributed by atoms with Crippen molar-refractivity contribution in [3.63, 3.8) is 0 Å². The van der Waals surface area contributed by atoms with E-state index in [-0.39, 0.29) is 6.03 Å². The Balaban J connectivity index is 1.30. The molecule has 2 aliphatic rings. The van der Waals surface area contributed by atoms with Gasteiger partial charge in [0.15, 0.2) is 0 Å². The smallest absolute Gasteiger partial charge is 0.320 e. The van der Waals surface area contributed by atoms with E-state index in [9.17, 15) is 4.79 Å². The molecule has 2 aliphatic heterocycles. The molecule has 2 saturated heterocycles. The fraction of sp³-hybridized carbons (Fsp3) is 0.476. The van der Waals surface area contributed by atoms with Gasteiger partial charge in [-0.05, 0) is 37.1 Å². The maximum absolute atomic E-state index is 12.9. The van der Waals surface area contributed by atoms with Gasteiger partial charge in [0.05, 0.1) is 0 Å². The maximum atomic E-state index is 12.9. The minimum Gasteiger partial charge on any atom is -0.368 e. The van der Waals surface area contributed by atoms with Crippen molar-refractivity contribution in [2.45, 2.75) is 13.8 Å². The fourth-order valence-corrected chi connectivity index (χ4v) is 3.97. The lowest BCUT2D eigenvalue weighted by molar-refractivity contribution is 0.147. The third kappa shape index (κ3) is 3.74. The Labute approximate surface area is 166 Å². The van der Waals surface area contributed by atoms with Crippen molar-refractivity contribution < 1.29 is 4.79 Å². The Kier molecular flexibility index (Phi) is 5.32. The molecule has 0 saturated carbocycles. The summed E-state index contributed by atoms with van der Waals surface area (Å²) >= 11 is 0. The molecule has 0 N–H and O–H groups in total. The van der Waals surface area contributed by atoms with E-state index in [2.05, 4.69) is 51.8 Å². The van der Waals surface area contributed by atoms with Gasteiger partial charge in [0.25, 0.3) is 0 Å². The average molecular weight is 380 g/mol. The summed E-state index contributed by atoms with van der Waals surface area (Å²) < 4.78 is 0. The monoisotopic (exact) mass is 380 g/mol. The third-order valence-electron chi connectivity index (χ3n) is 5.85. The highest BCUT2D eigenvalue weighted by atomic mass is 16.2. The Morgan fingerprint density at radius 3 is 1.96 bits per heavy atom. The zero-order chi connectivity index (χ0) is 19.5. The van der Waals surface area contributed by atoms with Crippen LogP contribution in [-0.4, -0.2) is 78.2 Å². The quantitative estimate of drug-likeness (QED) is 0.799. The molecule has 148 valence electrons. The average Bonchev–Trinajstić information content (AvgIpc) is 2.76. The summed E-state index contributed by atoms with van der Waals surface area (Å²) in [6.07, 6.45) is 3.52. The van der Waals surface area contributed by atoms with Crippen molar-refractivity contribution in [1.82, 2.24) is 19.8 Å². The summed E-state index contributed by atoms with van der Waals surface area (Å²) in [7, 11) is 0. The number of hydrogen-bond acceptors (Lipinski definition) is 5. The van der Waals surface area contributed by atoms with E-state index < -0.39 is 0 Å². The number of aryl methyl sites for hydroxylation is 1. The number of hydrogen-bond donors (Lipinski definition) is 0. The second kappa shape index (κ2) is 8.04. The van der Waals surface area contributed by atoms with E-state index in [1.807, 2.05) is 15.9 Å². The molecular weight excluding hydrogens is 352 g/mol. The Bertz CT molecular complexity index is 811. The van der Waals surface area contributed by atoms with Crippen molar-refractivity contribution in [1.29, 1.82) is 0 Å². The minimum absolute atomic E-state index is 0.161.